The third kappa shape index (κ3) is 5.52. The maximum atomic E-state index is 12.7. The molecule has 0 spiro atoms. The highest BCUT2D eigenvalue weighted by molar-refractivity contribution is 7.91. The maximum Gasteiger partial charge on any atom is 0.250 e. The summed E-state index contributed by atoms with van der Waals surface area (Å²) in [6.45, 7) is 6.50. The molecule has 0 bridgehead atoms. The molecule has 0 saturated carbocycles. The Morgan fingerprint density at radius 1 is 1.15 bits per heavy atom. The second-order valence-electron chi connectivity index (χ2n) is 9.63. The number of sulfone groups is 1. The lowest BCUT2D eigenvalue weighted by Gasteiger charge is -2.27. The number of amides is 1. The summed E-state index contributed by atoms with van der Waals surface area (Å²) in [6, 6.07) is 6.43. The molecule has 13 heteroatoms. The van der Waals surface area contributed by atoms with Crippen molar-refractivity contribution >= 4 is 48.7 Å². The fourth-order valence-corrected chi connectivity index (χ4v) is 7.27. The molecule has 204 valence electrons. The first-order chi connectivity index (χ1) is 18.6. The van der Waals surface area contributed by atoms with E-state index in [1.807, 2.05) is 18.5 Å². The van der Waals surface area contributed by atoms with Crippen LogP contribution in [0.5, 0.6) is 0 Å². The van der Waals surface area contributed by atoms with Gasteiger partial charge in [-0.1, -0.05) is 43.4 Å². The van der Waals surface area contributed by atoms with Crippen LogP contribution in [0.25, 0.3) is 10.4 Å². The van der Waals surface area contributed by atoms with Gasteiger partial charge >= 0.3 is 0 Å². The van der Waals surface area contributed by atoms with Crippen LogP contribution in [0, 0.1) is 5.92 Å². The number of nitrogens with zero attached hydrogens (tertiary/aromatic N) is 5. The molecule has 1 unspecified atom stereocenters. The van der Waals surface area contributed by atoms with Crippen LogP contribution >= 0.6 is 22.7 Å². The summed E-state index contributed by atoms with van der Waals surface area (Å²) < 4.78 is 25.5. The first-order valence-electron chi connectivity index (χ1n) is 12.4. The van der Waals surface area contributed by atoms with Gasteiger partial charge in [0, 0.05) is 43.0 Å². The second kappa shape index (κ2) is 10.6. The Kier molecular flexibility index (Phi) is 7.40. The van der Waals surface area contributed by atoms with Gasteiger partial charge in [-0.05, 0) is 24.1 Å². The minimum absolute atomic E-state index is 0.00305. The third-order valence-corrected chi connectivity index (χ3v) is 10.3. The average molecular weight is 585 g/mol. The van der Waals surface area contributed by atoms with Crippen molar-refractivity contribution in [2.75, 3.05) is 16.0 Å². The van der Waals surface area contributed by atoms with Crippen LogP contribution in [0.2, 0.25) is 0 Å². The minimum atomic E-state index is -3.34. The molecule has 5 heterocycles. The molecule has 1 amide bonds. The SMILES string of the molecule is CCS(=O)(=O)c1ccc(CC(=O)Nc2nc3c(s2)CN(c2ncc(-c4ccc(=O)n(C)c4)s2)C3C(C)C)nc1. The standard InChI is InChI=1S/C26H28N6O4S3/c1-5-39(35,36)18-8-7-17(27-11-18)10-21(33)29-25-30-23-20(37-25)14-32(24(23)15(2)3)26-28-12-19(38-26)16-6-9-22(34)31(4)13-16/h6-9,11-13,15,24H,5,10,14H2,1-4H3,(H,29,30,33). The van der Waals surface area contributed by atoms with E-state index in [1.54, 1.807) is 42.0 Å². The van der Waals surface area contributed by atoms with E-state index in [-0.39, 0.29) is 40.5 Å². The second-order valence-corrected chi connectivity index (χ2v) is 14.0. The van der Waals surface area contributed by atoms with Crippen molar-refractivity contribution in [3.63, 3.8) is 0 Å². The van der Waals surface area contributed by atoms with Crippen LogP contribution in [0.15, 0.2) is 52.5 Å². The van der Waals surface area contributed by atoms with Gasteiger partial charge in [-0.15, -0.1) is 0 Å². The van der Waals surface area contributed by atoms with Gasteiger partial charge in [0.15, 0.2) is 20.1 Å². The van der Waals surface area contributed by atoms with Gasteiger partial charge in [0.1, 0.15) is 0 Å². The maximum absolute atomic E-state index is 12.7. The summed E-state index contributed by atoms with van der Waals surface area (Å²) in [5.74, 6) is -0.0126. The van der Waals surface area contributed by atoms with Crippen molar-refractivity contribution in [2.45, 2.75) is 44.7 Å². The summed E-state index contributed by atoms with van der Waals surface area (Å²) in [5.41, 5.74) is 2.31. The lowest BCUT2D eigenvalue weighted by molar-refractivity contribution is -0.115. The van der Waals surface area contributed by atoms with Gasteiger partial charge in [0.05, 0.1) is 45.1 Å². The van der Waals surface area contributed by atoms with E-state index >= 15 is 0 Å². The van der Waals surface area contributed by atoms with Crippen molar-refractivity contribution < 1.29 is 13.2 Å². The van der Waals surface area contributed by atoms with E-state index in [0.717, 1.165) is 26.1 Å². The topological polar surface area (TPSA) is 127 Å². The summed E-state index contributed by atoms with van der Waals surface area (Å²) in [4.78, 5) is 42.5. The highest BCUT2D eigenvalue weighted by Crippen LogP contribution is 2.46. The molecular weight excluding hydrogens is 557 g/mol. The van der Waals surface area contributed by atoms with Gasteiger partial charge < -0.3 is 14.8 Å². The van der Waals surface area contributed by atoms with Crippen molar-refractivity contribution in [1.82, 2.24) is 19.5 Å². The number of rotatable bonds is 8. The summed E-state index contributed by atoms with van der Waals surface area (Å²) >= 11 is 3.03. The van der Waals surface area contributed by atoms with Crippen LogP contribution in [0.3, 0.4) is 0 Å². The average Bonchev–Trinajstić information content (AvgIpc) is 3.60. The number of aryl methyl sites for hydroxylation is 1. The third-order valence-electron chi connectivity index (χ3n) is 6.52. The summed E-state index contributed by atoms with van der Waals surface area (Å²) in [6.07, 6.45) is 4.96. The van der Waals surface area contributed by atoms with Crippen molar-refractivity contribution in [2.24, 2.45) is 13.0 Å². The number of aromatic nitrogens is 4. The Hall–Kier alpha value is -3.42. The highest BCUT2D eigenvalue weighted by Gasteiger charge is 2.37. The molecule has 0 aliphatic carbocycles. The predicted octanol–water partition coefficient (Wildman–Crippen LogP) is 4.05. The largest absolute Gasteiger partial charge is 0.334 e. The molecule has 5 rings (SSSR count). The molecule has 1 aliphatic rings. The zero-order valence-electron chi connectivity index (χ0n) is 21.9. The molecule has 10 nitrogen and oxygen atoms in total. The number of pyridine rings is 2. The highest BCUT2D eigenvalue weighted by atomic mass is 32.2. The molecular formula is C26H28N6O4S3. The first kappa shape index (κ1) is 27.2. The monoisotopic (exact) mass is 584 g/mol. The van der Waals surface area contributed by atoms with Crippen LogP contribution in [0.1, 0.15) is 43.1 Å². The van der Waals surface area contributed by atoms with E-state index in [9.17, 15) is 18.0 Å². The van der Waals surface area contributed by atoms with E-state index < -0.39 is 9.84 Å². The van der Waals surface area contributed by atoms with Crippen LogP contribution in [0.4, 0.5) is 10.3 Å². The number of nitrogens with one attached hydrogen (secondary N) is 1. The molecule has 1 atom stereocenters. The molecule has 4 aromatic rings. The number of thiazole rings is 2. The summed E-state index contributed by atoms with van der Waals surface area (Å²) in [5, 5.41) is 4.29. The molecule has 0 fully saturated rings. The molecule has 0 aromatic carbocycles. The van der Waals surface area contributed by atoms with Crippen LogP contribution < -0.4 is 15.8 Å². The lowest BCUT2D eigenvalue weighted by atomic mass is 10.0. The van der Waals surface area contributed by atoms with Gasteiger partial charge in [-0.25, -0.2) is 18.4 Å². The van der Waals surface area contributed by atoms with Gasteiger partial charge in [0.25, 0.3) is 0 Å². The van der Waals surface area contributed by atoms with Crippen molar-refractivity contribution in [1.29, 1.82) is 0 Å². The van der Waals surface area contributed by atoms with E-state index in [4.69, 9.17) is 4.98 Å². The molecule has 0 radical (unpaired) electrons. The van der Waals surface area contributed by atoms with Gasteiger partial charge in [-0.3, -0.25) is 14.6 Å². The van der Waals surface area contributed by atoms with Gasteiger partial charge in [0.2, 0.25) is 11.5 Å². The summed E-state index contributed by atoms with van der Waals surface area (Å²) in [7, 11) is -1.60. The molecule has 0 saturated heterocycles. The van der Waals surface area contributed by atoms with Crippen LogP contribution in [-0.2, 0) is 34.6 Å². The molecule has 1 N–H and O–H groups in total. The fraction of sp³-hybridized carbons (Fsp3) is 0.346. The number of carbonyl (C=O) groups excluding carboxylic acids is 1. The van der Waals surface area contributed by atoms with Crippen molar-refractivity contribution in [3.8, 4) is 10.4 Å². The Morgan fingerprint density at radius 3 is 2.62 bits per heavy atom. The minimum Gasteiger partial charge on any atom is -0.334 e. The number of hydrogen-bond donors (Lipinski definition) is 1. The molecule has 1 aliphatic heterocycles. The fourth-order valence-electron chi connectivity index (χ4n) is 4.49. The van der Waals surface area contributed by atoms with Crippen LogP contribution in [-0.4, -0.2) is 39.6 Å². The predicted molar refractivity (Wildman–Crippen MR) is 153 cm³/mol. The smallest absolute Gasteiger partial charge is 0.250 e. The molecule has 39 heavy (non-hydrogen) atoms. The van der Waals surface area contributed by atoms with Gasteiger partial charge in [-0.2, -0.15) is 0 Å². The van der Waals surface area contributed by atoms with E-state index in [2.05, 4.69) is 34.0 Å². The Labute approximate surface area is 234 Å². The molecule has 4 aromatic heterocycles. The Balaban J connectivity index is 1.29. The first-order valence-corrected chi connectivity index (χ1v) is 15.7. The van der Waals surface area contributed by atoms with E-state index in [0.29, 0.717) is 17.4 Å². The Bertz CT molecular complexity index is 1690. The normalized spacial score (nSPS) is 15.1. The number of carbonyl (C=O) groups is 1. The number of hydrogen-bond acceptors (Lipinski definition) is 10. The number of anilines is 2. The zero-order chi connectivity index (χ0) is 27.9. The quantitative estimate of drug-likeness (QED) is 0.329. The van der Waals surface area contributed by atoms with Crippen molar-refractivity contribution in [3.05, 3.63) is 69.5 Å². The number of fused-ring (bicyclic) bond motifs is 1. The Morgan fingerprint density at radius 2 is 1.95 bits per heavy atom. The lowest BCUT2D eigenvalue weighted by Crippen LogP contribution is -2.26. The zero-order valence-corrected chi connectivity index (χ0v) is 24.4. The van der Waals surface area contributed by atoms with E-state index in [1.165, 1.54) is 23.6 Å².